The van der Waals surface area contributed by atoms with Crippen LogP contribution in [0.15, 0.2) is 40.9 Å². The van der Waals surface area contributed by atoms with Crippen molar-refractivity contribution >= 4 is 23.2 Å². The normalized spacial score (nSPS) is 13.6. The molecule has 1 aliphatic heterocycles. The van der Waals surface area contributed by atoms with Crippen LogP contribution >= 0.6 is 0 Å². The number of aromatic nitrogens is 1. The molecule has 1 aromatic heterocycles. The van der Waals surface area contributed by atoms with Crippen LogP contribution in [0.3, 0.4) is 0 Å². The van der Waals surface area contributed by atoms with E-state index in [1.807, 2.05) is 26.0 Å². The maximum atomic E-state index is 13.2. The molecule has 0 bridgehead atoms. The van der Waals surface area contributed by atoms with Crippen molar-refractivity contribution in [1.82, 2.24) is 15.8 Å². The average molecular weight is 494 g/mol. The van der Waals surface area contributed by atoms with E-state index in [0.29, 0.717) is 17.7 Å². The first-order valence-electron chi connectivity index (χ1n) is 12.0. The molecule has 0 atom stereocenters. The summed E-state index contributed by atoms with van der Waals surface area (Å²) in [5, 5.41) is 33.4. The molecule has 0 spiro atoms. The van der Waals surface area contributed by atoms with Gasteiger partial charge in [0.15, 0.2) is 11.5 Å². The molecule has 0 unspecified atom stereocenters. The molecule has 190 valence electrons. The fourth-order valence-corrected chi connectivity index (χ4v) is 4.16. The lowest BCUT2D eigenvalue weighted by Gasteiger charge is -2.29. The van der Waals surface area contributed by atoms with E-state index < -0.39 is 11.8 Å². The summed E-state index contributed by atoms with van der Waals surface area (Å²) in [6, 6.07) is 10.00. The Kier molecular flexibility index (Phi) is 7.44. The number of rotatable bonds is 7. The summed E-state index contributed by atoms with van der Waals surface area (Å²) in [5.41, 5.74) is 2.10. The van der Waals surface area contributed by atoms with Gasteiger partial charge < -0.3 is 35.6 Å². The summed E-state index contributed by atoms with van der Waals surface area (Å²) >= 11 is 0. The number of piperazine rings is 1. The van der Waals surface area contributed by atoms with Crippen molar-refractivity contribution in [2.45, 2.75) is 26.7 Å². The van der Waals surface area contributed by atoms with Crippen LogP contribution in [-0.4, -0.2) is 59.9 Å². The highest BCUT2D eigenvalue weighted by molar-refractivity contribution is 6.11. The molecule has 4 rings (SSSR count). The zero-order valence-electron chi connectivity index (χ0n) is 20.6. The van der Waals surface area contributed by atoms with E-state index >= 15 is 0 Å². The Hall–Kier alpha value is -4.05. The number of phenolic OH excluding ortho intramolecular Hbond substituents is 2. The number of aromatic hydroxyl groups is 2. The largest absolute Gasteiger partial charge is 0.508 e. The maximum absolute atomic E-state index is 13.2. The van der Waals surface area contributed by atoms with Gasteiger partial charge in [0.2, 0.25) is 0 Å². The summed E-state index contributed by atoms with van der Waals surface area (Å²) < 4.78 is 5.46. The highest BCUT2D eigenvalue weighted by Gasteiger charge is 2.27. The fraction of sp³-hybridized carbons (Fsp3) is 0.346. The predicted molar refractivity (Wildman–Crippen MR) is 137 cm³/mol. The van der Waals surface area contributed by atoms with Gasteiger partial charge in [-0.2, -0.15) is 0 Å². The lowest BCUT2D eigenvalue weighted by Crippen LogP contribution is -2.43. The second-order valence-electron chi connectivity index (χ2n) is 8.92. The van der Waals surface area contributed by atoms with Crippen molar-refractivity contribution < 1.29 is 24.3 Å². The molecule has 36 heavy (non-hydrogen) atoms. The first kappa shape index (κ1) is 25.1. The minimum Gasteiger partial charge on any atom is -0.508 e. The van der Waals surface area contributed by atoms with Crippen molar-refractivity contribution in [2.24, 2.45) is 0 Å². The van der Waals surface area contributed by atoms with Gasteiger partial charge in [-0.25, -0.2) is 0 Å². The monoisotopic (exact) mass is 493 g/mol. The van der Waals surface area contributed by atoms with Gasteiger partial charge in [-0.1, -0.05) is 19.0 Å². The summed E-state index contributed by atoms with van der Waals surface area (Å²) in [5.74, 6) is -1.36. The molecule has 5 N–H and O–H groups in total. The molecule has 2 amide bonds. The third-order valence-corrected chi connectivity index (χ3v) is 6.11. The Labute approximate surface area is 209 Å². The number of carbonyl (C=O) groups excluding carboxylic acids is 2. The van der Waals surface area contributed by atoms with Crippen LogP contribution in [-0.2, 0) is 0 Å². The molecular weight excluding hydrogens is 462 g/mol. The zero-order chi connectivity index (χ0) is 25.8. The maximum Gasteiger partial charge on any atom is 0.275 e. The standard InChI is InChI=1S/C26H31N5O5/c1-4-28-26(35)23-22(24(36-30-23)19-13-18(15(2)3)20(32)14-21(19)33)29-25(34)16-5-7-17(8-6-16)31-11-9-27-10-12-31/h5-8,13-15,27,32-33H,4,9-12H2,1-3H3,(H,28,35)(H,29,34). The van der Waals surface area contributed by atoms with Gasteiger partial charge in [0.1, 0.15) is 17.2 Å². The zero-order valence-corrected chi connectivity index (χ0v) is 20.6. The van der Waals surface area contributed by atoms with Crippen LogP contribution in [0.1, 0.15) is 53.1 Å². The fourth-order valence-electron chi connectivity index (χ4n) is 4.16. The third-order valence-electron chi connectivity index (χ3n) is 6.11. The Morgan fingerprint density at radius 1 is 1.08 bits per heavy atom. The number of phenols is 2. The number of nitrogens with one attached hydrogen (secondary N) is 3. The summed E-state index contributed by atoms with van der Waals surface area (Å²) in [4.78, 5) is 28.1. The van der Waals surface area contributed by atoms with Gasteiger partial charge in [0.25, 0.3) is 11.8 Å². The van der Waals surface area contributed by atoms with E-state index in [-0.39, 0.29) is 40.1 Å². The summed E-state index contributed by atoms with van der Waals surface area (Å²) in [6.45, 7) is 9.49. The third kappa shape index (κ3) is 5.13. The van der Waals surface area contributed by atoms with Gasteiger partial charge in [0, 0.05) is 50.0 Å². The van der Waals surface area contributed by atoms with Crippen molar-refractivity contribution in [3.8, 4) is 22.8 Å². The number of amides is 2. The van der Waals surface area contributed by atoms with Gasteiger partial charge in [-0.15, -0.1) is 0 Å². The minimum absolute atomic E-state index is 0.0152. The molecule has 0 saturated carbocycles. The summed E-state index contributed by atoms with van der Waals surface area (Å²) in [6.07, 6.45) is 0. The van der Waals surface area contributed by atoms with E-state index in [1.165, 1.54) is 6.07 Å². The minimum atomic E-state index is -0.529. The van der Waals surface area contributed by atoms with Crippen LogP contribution in [0.2, 0.25) is 0 Å². The van der Waals surface area contributed by atoms with E-state index in [0.717, 1.165) is 31.9 Å². The second-order valence-corrected chi connectivity index (χ2v) is 8.92. The van der Waals surface area contributed by atoms with Crippen molar-refractivity contribution in [2.75, 3.05) is 42.9 Å². The van der Waals surface area contributed by atoms with E-state index in [9.17, 15) is 19.8 Å². The Bertz CT molecular complexity index is 1250. The van der Waals surface area contributed by atoms with Gasteiger partial charge in [-0.05, 0) is 48.7 Å². The second kappa shape index (κ2) is 10.7. The highest BCUT2D eigenvalue weighted by Crippen LogP contribution is 2.41. The molecule has 10 heteroatoms. The number of benzene rings is 2. The van der Waals surface area contributed by atoms with Crippen LogP contribution in [0.5, 0.6) is 11.5 Å². The molecule has 2 aromatic carbocycles. The average Bonchev–Trinajstić information content (AvgIpc) is 3.28. The topological polar surface area (TPSA) is 140 Å². The van der Waals surface area contributed by atoms with Crippen LogP contribution in [0.4, 0.5) is 11.4 Å². The Morgan fingerprint density at radius 2 is 1.78 bits per heavy atom. The van der Waals surface area contributed by atoms with Crippen LogP contribution < -0.4 is 20.9 Å². The molecule has 2 heterocycles. The number of anilines is 2. The lowest BCUT2D eigenvalue weighted by molar-refractivity contribution is 0.0947. The van der Waals surface area contributed by atoms with Gasteiger partial charge >= 0.3 is 0 Å². The number of carbonyl (C=O) groups is 2. The lowest BCUT2D eigenvalue weighted by atomic mass is 9.97. The predicted octanol–water partition coefficient (Wildman–Crippen LogP) is 3.29. The van der Waals surface area contributed by atoms with Crippen LogP contribution in [0.25, 0.3) is 11.3 Å². The van der Waals surface area contributed by atoms with Crippen molar-refractivity contribution in [3.63, 3.8) is 0 Å². The molecule has 0 radical (unpaired) electrons. The molecule has 10 nitrogen and oxygen atoms in total. The molecule has 3 aromatic rings. The quantitative estimate of drug-likeness (QED) is 0.338. The molecule has 0 aliphatic carbocycles. The molecule has 1 saturated heterocycles. The molecule has 1 aliphatic rings. The van der Waals surface area contributed by atoms with Crippen molar-refractivity contribution in [1.29, 1.82) is 0 Å². The molecule has 1 fully saturated rings. The van der Waals surface area contributed by atoms with Crippen molar-refractivity contribution in [3.05, 3.63) is 53.2 Å². The Balaban J connectivity index is 1.68. The van der Waals surface area contributed by atoms with E-state index in [2.05, 4.69) is 26.0 Å². The highest BCUT2D eigenvalue weighted by atomic mass is 16.5. The summed E-state index contributed by atoms with van der Waals surface area (Å²) in [7, 11) is 0. The Morgan fingerprint density at radius 3 is 2.42 bits per heavy atom. The van der Waals surface area contributed by atoms with Gasteiger partial charge in [0.05, 0.1) is 5.56 Å². The number of hydrogen-bond acceptors (Lipinski definition) is 8. The number of nitrogens with zero attached hydrogens (tertiary/aromatic N) is 2. The first-order valence-corrected chi connectivity index (χ1v) is 12.0. The van der Waals surface area contributed by atoms with E-state index in [1.54, 1.807) is 25.1 Å². The smallest absolute Gasteiger partial charge is 0.275 e. The molecular formula is C26H31N5O5. The van der Waals surface area contributed by atoms with Gasteiger partial charge in [-0.3, -0.25) is 9.59 Å². The number of hydrogen-bond donors (Lipinski definition) is 5. The first-order chi connectivity index (χ1) is 17.3. The van der Waals surface area contributed by atoms with Crippen LogP contribution in [0, 0.1) is 0 Å². The SMILES string of the molecule is CCNC(=O)c1noc(-c2cc(C(C)C)c(O)cc2O)c1NC(=O)c1ccc(N2CCNCC2)cc1. The van der Waals surface area contributed by atoms with E-state index in [4.69, 9.17) is 4.52 Å².